The van der Waals surface area contributed by atoms with Gasteiger partial charge >= 0.3 is 0 Å². The van der Waals surface area contributed by atoms with E-state index in [-0.39, 0.29) is 6.54 Å². The van der Waals surface area contributed by atoms with E-state index >= 15 is 0 Å². The Balaban J connectivity index is 4.01. The van der Waals surface area contributed by atoms with Crippen LogP contribution in [0.3, 0.4) is 0 Å². The molecule has 4 nitrogen and oxygen atoms in total. The molecular weight excluding hydrogens is 168 g/mol. The third-order valence-corrected chi connectivity index (χ3v) is 2.03. The van der Waals surface area contributed by atoms with Gasteiger partial charge in [0.15, 0.2) is 0 Å². The van der Waals surface area contributed by atoms with Gasteiger partial charge in [-0.25, -0.2) is 0 Å². The van der Waals surface area contributed by atoms with E-state index < -0.39 is 6.10 Å². The lowest BCUT2D eigenvalue weighted by Crippen LogP contribution is -2.42. The van der Waals surface area contributed by atoms with Crippen molar-refractivity contribution in [3.8, 4) is 0 Å². The molecule has 0 aliphatic carbocycles. The summed E-state index contributed by atoms with van der Waals surface area (Å²) in [5.74, 6) is 0. The fourth-order valence-corrected chi connectivity index (χ4v) is 1.41. The van der Waals surface area contributed by atoms with Gasteiger partial charge in [-0.15, -0.1) is 0 Å². The predicted molar refractivity (Wildman–Crippen MR) is 53.6 cm³/mol. The van der Waals surface area contributed by atoms with Crippen LogP contribution in [0.25, 0.3) is 0 Å². The van der Waals surface area contributed by atoms with Gasteiger partial charge in [0.2, 0.25) is 0 Å². The Hall–Kier alpha value is -0.480. The first kappa shape index (κ1) is 12.5. The molecule has 0 heterocycles. The molecule has 0 aliphatic rings. The third-order valence-electron chi connectivity index (χ3n) is 2.03. The van der Waals surface area contributed by atoms with E-state index in [4.69, 9.17) is 0 Å². The van der Waals surface area contributed by atoms with E-state index in [2.05, 4.69) is 37.8 Å². The first-order chi connectivity index (χ1) is 5.99. The van der Waals surface area contributed by atoms with Crippen LogP contribution in [-0.2, 0) is 0 Å². The summed E-state index contributed by atoms with van der Waals surface area (Å²) in [7, 11) is 0. The van der Waals surface area contributed by atoms with Gasteiger partial charge in [0.05, 0.1) is 6.10 Å². The molecule has 0 spiro atoms. The van der Waals surface area contributed by atoms with Crippen LogP contribution in [0.15, 0.2) is 5.18 Å². The van der Waals surface area contributed by atoms with Crippen molar-refractivity contribution in [2.75, 3.05) is 13.1 Å². The summed E-state index contributed by atoms with van der Waals surface area (Å²) in [4.78, 5) is 12.0. The van der Waals surface area contributed by atoms with E-state index in [1.54, 1.807) is 0 Å². The van der Waals surface area contributed by atoms with Crippen LogP contribution in [0, 0.1) is 4.91 Å². The Bertz CT molecular complexity index is 141. The second-order valence-corrected chi connectivity index (χ2v) is 3.85. The Morgan fingerprint density at radius 3 is 2.00 bits per heavy atom. The quantitative estimate of drug-likeness (QED) is 0.638. The molecule has 1 atom stereocenters. The molecule has 4 heteroatoms. The Morgan fingerprint density at radius 1 is 1.23 bits per heavy atom. The minimum Gasteiger partial charge on any atom is -0.390 e. The Labute approximate surface area is 79.9 Å². The number of nitrogens with zero attached hydrogens (tertiary/aromatic N) is 2. The number of nitroso groups, excluding NO2 is 1. The SMILES string of the molecule is CC(C)N(CC(O)CN=O)C(C)C. The molecule has 0 aromatic rings. The molecule has 0 radical (unpaired) electrons. The minimum absolute atomic E-state index is 0.0179. The highest BCUT2D eigenvalue weighted by Gasteiger charge is 2.17. The average Bonchev–Trinajstić information content (AvgIpc) is 1.99. The van der Waals surface area contributed by atoms with Crippen LogP contribution in [-0.4, -0.2) is 41.3 Å². The van der Waals surface area contributed by atoms with Gasteiger partial charge in [-0.3, -0.25) is 4.90 Å². The summed E-state index contributed by atoms with van der Waals surface area (Å²) in [6, 6.07) is 0.752. The lowest BCUT2D eigenvalue weighted by atomic mass is 10.2. The first-order valence-electron chi connectivity index (χ1n) is 4.72. The number of rotatable bonds is 6. The van der Waals surface area contributed by atoms with E-state index in [1.807, 2.05) is 0 Å². The minimum atomic E-state index is -0.637. The maximum absolute atomic E-state index is 9.91. The van der Waals surface area contributed by atoms with Crippen molar-refractivity contribution >= 4 is 0 Å². The summed E-state index contributed by atoms with van der Waals surface area (Å²) < 4.78 is 0. The Kier molecular flexibility index (Phi) is 5.82. The molecule has 0 rings (SSSR count). The smallest absolute Gasteiger partial charge is 0.108 e. The normalized spacial score (nSPS) is 14.2. The standard InChI is InChI=1S/C9H20N2O2/c1-7(2)11(8(3)4)6-9(12)5-10-13/h7-9,12H,5-6H2,1-4H3. The van der Waals surface area contributed by atoms with E-state index in [1.165, 1.54) is 0 Å². The maximum atomic E-state index is 9.91. The lowest BCUT2D eigenvalue weighted by molar-refractivity contribution is 0.0806. The van der Waals surface area contributed by atoms with E-state index in [0.717, 1.165) is 0 Å². The Morgan fingerprint density at radius 2 is 1.69 bits per heavy atom. The van der Waals surface area contributed by atoms with Crippen molar-refractivity contribution in [1.29, 1.82) is 0 Å². The fourth-order valence-electron chi connectivity index (χ4n) is 1.41. The van der Waals surface area contributed by atoms with Gasteiger partial charge in [-0.05, 0) is 27.7 Å². The van der Waals surface area contributed by atoms with Crippen molar-refractivity contribution in [3.05, 3.63) is 4.91 Å². The topological polar surface area (TPSA) is 52.9 Å². The van der Waals surface area contributed by atoms with Gasteiger partial charge in [-0.2, -0.15) is 4.91 Å². The molecule has 0 saturated heterocycles. The summed E-state index contributed by atoms with van der Waals surface area (Å²) in [5.41, 5.74) is 0. The van der Waals surface area contributed by atoms with Crippen LogP contribution < -0.4 is 0 Å². The third kappa shape index (κ3) is 4.95. The molecule has 0 amide bonds. The molecule has 0 fully saturated rings. The molecule has 78 valence electrons. The molecule has 0 aromatic heterocycles. The summed E-state index contributed by atoms with van der Waals surface area (Å²) in [6.07, 6.45) is -0.637. The highest BCUT2D eigenvalue weighted by atomic mass is 16.3. The van der Waals surface area contributed by atoms with Gasteiger partial charge in [0, 0.05) is 18.6 Å². The van der Waals surface area contributed by atoms with Gasteiger partial charge < -0.3 is 5.11 Å². The molecular formula is C9H20N2O2. The molecule has 1 unspecified atom stereocenters. The molecule has 0 aromatic carbocycles. The summed E-state index contributed by atoms with van der Waals surface area (Å²) in [5, 5.41) is 12.1. The van der Waals surface area contributed by atoms with Gasteiger partial charge in [0.1, 0.15) is 6.54 Å². The second-order valence-electron chi connectivity index (χ2n) is 3.85. The van der Waals surface area contributed by atoms with Crippen molar-refractivity contribution in [3.63, 3.8) is 0 Å². The van der Waals surface area contributed by atoms with Crippen molar-refractivity contribution in [2.45, 2.75) is 45.9 Å². The zero-order chi connectivity index (χ0) is 10.4. The van der Waals surface area contributed by atoms with Crippen LogP contribution >= 0.6 is 0 Å². The molecule has 13 heavy (non-hydrogen) atoms. The number of aliphatic hydroxyl groups is 1. The number of hydrogen-bond acceptors (Lipinski definition) is 4. The zero-order valence-corrected chi connectivity index (χ0v) is 8.90. The van der Waals surface area contributed by atoms with Crippen LogP contribution in [0.1, 0.15) is 27.7 Å². The first-order valence-corrected chi connectivity index (χ1v) is 4.72. The zero-order valence-electron chi connectivity index (χ0n) is 8.90. The molecule has 0 bridgehead atoms. The van der Waals surface area contributed by atoms with Crippen molar-refractivity contribution in [2.24, 2.45) is 5.18 Å². The van der Waals surface area contributed by atoms with Crippen LogP contribution in [0.2, 0.25) is 0 Å². The predicted octanol–water partition coefficient (Wildman–Crippen LogP) is 1.23. The molecule has 1 N–H and O–H groups in total. The van der Waals surface area contributed by atoms with Gasteiger partial charge in [0.25, 0.3) is 0 Å². The maximum Gasteiger partial charge on any atom is 0.108 e. The number of aliphatic hydroxyl groups excluding tert-OH is 1. The fraction of sp³-hybridized carbons (Fsp3) is 1.00. The summed E-state index contributed by atoms with van der Waals surface area (Å²) in [6.45, 7) is 8.78. The number of hydrogen-bond donors (Lipinski definition) is 1. The highest BCUT2D eigenvalue weighted by Crippen LogP contribution is 2.05. The van der Waals surface area contributed by atoms with Gasteiger partial charge in [-0.1, -0.05) is 5.18 Å². The van der Waals surface area contributed by atoms with E-state index in [9.17, 15) is 10.0 Å². The molecule has 0 saturated carbocycles. The van der Waals surface area contributed by atoms with E-state index in [0.29, 0.717) is 18.6 Å². The van der Waals surface area contributed by atoms with Crippen molar-refractivity contribution < 1.29 is 5.11 Å². The lowest BCUT2D eigenvalue weighted by Gasteiger charge is -2.31. The second kappa shape index (κ2) is 6.05. The highest BCUT2D eigenvalue weighted by molar-refractivity contribution is 4.72. The van der Waals surface area contributed by atoms with Crippen LogP contribution in [0.5, 0.6) is 0 Å². The van der Waals surface area contributed by atoms with Crippen molar-refractivity contribution in [1.82, 2.24) is 4.90 Å². The molecule has 0 aliphatic heterocycles. The largest absolute Gasteiger partial charge is 0.390 e. The van der Waals surface area contributed by atoms with Crippen LogP contribution in [0.4, 0.5) is 0 Å². The summed E-state index contributed by atoms with van der Waals surface area (Å²) >= 11 is 0. The monoisotopic (exact) mass is 188 g/mol. The average molecular weight is 188 g/mol.